The van der Waals surface area contributed by atoms with E-state index in [0.29, 0.717) is 10.6 Å². The molecule has 0 radical (unpaired) electrons. The van der Waals surface area contributed by atoms with Crippen LogP contribution < -0.4 is 10.1 Å². The first-order chi connectivity index (χ1) is 15.4. The molecule has 0 saturated heterocycles. The SMILES string of the molecule is COC(=O)c1c(C)oc(NC(=O)c2cccc(OC(C)=O)c2)c1-c1nc2ccccc2s1. The number of aromatic nitrogens is 1. The minimum Gasteiger partial charge on any atom is -0.465 e. The Bertz CT molecular complexity index is 1320. The smallest absolute Gasteiger partial charge is 0.342 e. The maximum atomic E-state index is 12.9. The number of nitrogens with one attached hydrogen (secondary N) is 1. The van der Waals surface area contributed by atoms with Crippen LogP contribution in [-0.4, -0.2) is 29.9 Å². The topological polar surface area (TPSA) is 108 Å². The first-order valence-electron chi connectivity index (χ1n) is 9.55. The maximum Gasteiger partial charge on any atom is 0.342 e. The fourth-order valence-corrected chi connectivity index (χ4v) is 4.22. The summed E-state index contributed by atoms with van der Waals surface area (Å²) in [6.07, 6.45) is 0. The third-order valence-electron chi connectivity index (χ3n) is 4.57. The minimum absolute atomic E-state index is 0.0739. The van der Waals surface area contributed by atoms with Crippen LogP contribution in [0.4, 0.5) is 5.88 Å². The second kappa shape index (κ2) is 8.64. The number of amides is 1. The molecule has 162 valence electrons. The van der Waals surface area contributed by atoms with Crippen molar-refractivity contribution in [1.82, 2.24) is 4.98 Å². The zero-order chi connectivity index (χ0) is 22.8. The van der Waals surface area contributed by atoms with Crippen LogP contribution in [0.3, 0.4) is 0 Å². The van der Waals surface area contributed by atoms with Gasteiger partial charge in [-0.1, -0.05) is 18.2 Å². The molecule has 0 saturated carbocycles. The van der Waals surface area contributed by atoms with Gasteiger partial charge in [-0.05, 0) is 37.3 Å². The summed E-state index contributed by atoms with van der Waals surface area (Å²) in [5.74, 6) is -1.00. The van der Waals surface area contributed by atoms with Crippen molar-refractivity contribution in [2.24, 2.45) is 0 Å². The summed E-state index contributed by atoms with van der Waals surface area (Å²) in [5.41, 5.74) is 1.54. The quantitative estimate of drug-likeness (QED) is 0.343. The summed E-state index contributed by atoms with van der Waals surface area (Å²) >= 11 is 1.36. The molecule has 2 aromatic carbocycles. The zero-order valence-corrected chi connectivity index (χ0v) is 18.2. The average molecular weight is 450 g/mol. The van der Waals surface area contributed by atoms with E-state index in [9.17, 15) is 14.4 Å². The lowest BCUT2D eigenvalue weighted by molar-refractivity contribution is -0.131. The number of anilines is 1. The molecule has 2 aromatic heterocycles. The molecule has 0 atom stereocenters. The number of nitrogens with zero attached hydrogens (tertiary/aromatic N) is 1. The van der Waals surface area contributed by atoms with Gasteiger partial charge in [0.25, 0.3) is 5.91 Å². The number of benzene rings is 2. The average Bonchev–Trinajstić information content (AvgIpc) is 3.33. The Labute approximate surface area is 186 Å². The number of hydrogen-bond donors (Lipinski definition) is 1. The summed E-state index contributed by atoms with van der Waals surface area (Å²) < 4.78 is 16.6. The molecule has 4 aromatic rings. The molecule has 0 unspecified atom stereocenters. The number of furan rings is 1. The molecule has 0 spiro atoms. The van der Waals surface area contributed by atoms with Crippen LogP contribution in [0.5, 0.6) is 5.75 Å². The van der Waals surface area contributed by atoms with Crippen LogP contribution >= 0.6 is 11.3 Å². The highest BCUT2D eigenvalue weighted by atomic mass is 32.1. The summed E-state index contributed by atoms with van der Waals surface area (Å²) in [6, 6.07) is 13.7. The Morgan fingerprint density at radius 1 is 1.09 bits per heavy atom. The Balaban J connectivity index is 1.77. The van der Waals surface area contributed by atoms with Gasteiger partial charge in [0.05, 0.1) is 22.9 Å². The number of para-hydroxylation sites is 1. The van der Waals surface area contributed by atoms with Gasteiger partial charge in [-0.25, -0.2) is 9.78 Å². The van der Waals surface area contributed by atoms with Crippen LogP contribution in [0.1, 0.15) is 33.4 Å². The number of fused-ring (bicyclic) bond motifs is 1. The first kappa shape index (κ1) is 21.3. The van der Waals surface area contributed by atoms with E-state index < -0.39 is 17.8 Å². The Kier molecular flexibility index (Phi) is 5.74. The lowest BCUT2D eigenvalue weighted by Crippen LogP contribution is -2.13. The predicted molar refractivity (Wildman–Crippen MR) is 119 cm³/mol. The number of methoxy groups -OCH3 is 1. The molecule has 0 aliphatic carbocycles. The van der Waals surface area contributed by atoms with Crippen molar-refractivity contribution in [3.8, 4) is 16.3 Å². The molecular weight excluding hydrogens is 432 g/mol. The molecule has 0 aliphatic heterocycles. The molecule has 0 aliphatic rings. The van der Waals surface area contributed by atoms with Crippen LogP contribution in [0, 0.1) is 6.92 Å². The maximum absolute atomic E-state index is 12.9. The Morgan fingerprint density at radius 3 is 2.59 bits per heavy atom. The van der Waals surface area contributed by atoms with E-state index in [1.807, 2.05) is 24.3 Å². The Morgan fingerprint density at radius 2 is 1.88 bits per heavy atom. The highest BCUT2D eigenvalue weighted by molar-refractivity contribution is 7.21. The largest absolute Gasteiger partial charge is 0.465 e. The molecule has 0 bridgehead atoms. The third kappa shape index (κ3) is 4.10. The highest BCUT2D eigenvalue weighted by Crippen LogP contribution is 2.40. The van der Waals surface area contributed by atoms with E-state index in [0.717, 1.165) is 10.2 Å². The van der Waals surface area contributed by atoms with Gasteiger partial charge in [-0.3, -0.25) is 14.9 Å². The monoisotopic (exact) mass is 450 g/mol. The number of carbonyl (C=O) groups is 3. The highest BCUT2D eigenvalue weighted by Gasteiger charge is 2.29. The lowest BCUT2D eigenvalue weighted by atomic mass is 10.1. The molecule has 0 fully saturated rings. The van der Waals surface area contributed by atoms with Gasteiger partial charge < -0.3 is 13.9 Å². The third-order valence-corrected chi connectivity index (χ3v) is 5.62. The molecule has 9 heteroatoms. The number of esters is 2. The summed E-state index contributed by atoms with van der Waals surface area (Å²) in [6.45, 7) is 2.89. The van der Waals surface area contributed by atoms with E-state index >= 15 is 0 Å². The van der Waals surface area contributed by atoms with E-state index in [1.165, 1.54) is 31.4 Å². The standard InChI is InChI=1S/C23H18N2O6S/c1-12-18(23(28)29-3)19(22-24-16-9-4-5-10-17(16)32-22)21(30-12)25-20(27)14-7-6-8-15(11-14)31-13(2)26/h4-11H,1-3H3,(H,25,27). The number of thiazole rings is 1. The van der Waals surface area contributed by atoms with Crippen molar-refractivity contribution < 1.29 is 28.3 Å². The molecule has 8 nitrogen and oxygen atoms in total. The van der Waals surface area contributed by atoms with Crippen molar-refractivity contribution in [1.29, 1.82) is 0 Å². The molecule has 2 heterocycles. The van der Waals surface area contributed by atoms with Gasteiger partial charge in [0, 0.05) is 12.5 Å². The second-order valence-corrected chi connectivity index (χ2v) is 7.82. The van der Waals surface area contributed by atoms with Crippen LogP contribution in [-0.2, 0) is 9.53 Å². The number of hydrogen-bond acceptors (Lipinski definition) is 8. The Hall–Kier alpha value is -3.98. The van der Waals surface area contributed by atoms with E-state index in [1.54, 1.807) is 25.1 Å². The van der Waals surface area contributed by atoms with Crippen molar-refractivity contribution >= 4 is 45.3 Å². The van der Waals surface area contributed by atoms with E-state index in [-0.39, 0.29) is 28.5 Å². The number of aryl methyl sites for hydroxylation is 1. The number of carbonyl (C=O) groups excluding carboxylic acids is 3. The molecule has 32 heavy (non-hydrogen) atoms. The van der Waals surface area contributed by atoms with Crippen molar-refractivity contribution in [3.05, 3.63) is 65.4 Å². The van der Waals surface area contributed by atoms with Gasteiger partial charge in [-0.2, -0.15) is 0 Å². The van der Waals surface area contributed by atoms with Crippen LogP contribution in [0.2, 0.25) is 0 Å². The van der Waals surface area contributed by atoms with Gasteiger partial charge in [0.1, 0.15) is 22.1 Å². The summed E-state index contributed by atoms with van der Waals surface area (Å²) in [5, 5.41) is 3.21. The lowest BCUT2D eigenvalue weighted by Gasteiger charge is -2.07. The summed E-state index contributed by atoms with van der Waals surface area (Å²) in [7, 11) is 1.27. The minimum atomic E-state index is -0.599. The van der Waals surface area contributed by atoms with Crippen molar-refractivity contribution in [2.75, 3.05) is 12.4 Å². The normalized spacial score (nSPS) is 10.7. The fraction of sp³-hybridized carbons (Fsp3) is 0.130. The van der Waals surface area contributed by atoms with E-state index in [2.05, 4.69) is 10.3 Å². The van der Waals surface area contributed by atoms with Gasteiger partial charge in [0.2, 0.25) is 5.88 Å². The molecule has 4 rings (SSSR count). The van der Waals surface area contributed by atoms with Crippen molar-refractivity contribution in [3.63, 3.8) is 0 Å². The molecule has 1 amide bonds. The fourth-order valence-electron chi connectivity index (χ4n) is 3.21. The first-order valence-corrected chi connectivity index (χ1v) is 10.4. The van der Waals surface area contributed by atoms with Crippen molar-refractivity contribution in [2.45, 2.75) is 13.8 Å². The van der Waals surface area contributed by atoms with E-state index in [4.69, 9.17) is 13.9 Å². The summed E-state index contributed by atoms with van der Waals surface area (Å²) in [4.78, 5) is 41.2. The molecular formula is C23H18N2O6S. The molecule has 1 N–H and O–H groups in total. The van der Waals surface area contributed by atoms with Crippen LogP contribution in [0.25, 0.3) is 20.8 Å². The van der Waals surface area contributed by atoms with Gasteiger partial charge in [-0.15, -0.1) is 11.3 Å². The van der Waals surface area contributed by atoms with Gasteiger partial charge >= 0.3 is 11.9 Å². The van der Waals surface area contributed by atoms with Gasteiger partial charge in [0.15, 0.2) is 0 Å². The number of ether oxygens (including phenoxy) is 2. The predicted octanol–water partition coefficient (Wildman–Crippen LogP) is 4.83. The van der Waals surface area contributed by atoms with Crippen LogP contribution in [0.15, 0.2) is 52.9 Å². The zero-order valence-electron chi connectivity index (χ0n) is 17.4. The number of rotatable bonds is 5. The second-order valence-electron chi connectivity index (χ2n) is 6.79.